The van der Waals surface area contributed by atoms with Crippen molar-refractivity contribution in [2.75, 3.05) is 0 Å². The highest BCUT2D eigenvalue weighted by Crippen LogP contribution is 2.63. The Morgan fingerprint density at radius 3 is 2.88 bits per heavy atom. The summed E-state index contributed by atoms with van der Waals surface area (Å²) in [4.78, 5) is 11.3. The average Bonchev–Trinajstić information content (AvgIpc) is 2.89. The van der Waals surface area contributed by atoms with Gasteiger partial charge in [0.15, 0.2) is 0 Å². The fourth-order valence-corrected chi connectivity index (χ4v) is 6.47. The summed E-state index contributed by atoms with van der Waals surface area (Å²) in [5, 5.41) is 9.89. The van der Waals surface area contributed by atoms with Gasteiger partial charge in [0.1, 0.15) is 11.9 Å². The first-order chi connectivity index (χ1) is 11.9. The predicted molar refractivity (Wildman–Crippen MR) is 96.3 cm³/mol. The summed E-state index contributed by atoms with van der Waals surface area (Å²) >= 11 is 0. The molecule has 136 valence electrons. The maximum atomic E-state index is 11.3. The third-order valence-corrected chi connectivity index (χ3v) is 7.58. The van der Waals surface area contributed by atoms with Crippen LogP contribution in [0.5, 0.6) is 5.75 Å². The number of fused-ring (bicyclic) bond motifs is 5. The standard InChI is InChI=1S/C21H29NO3/c1-3-12-10-13-11-14(23)4-5-15(13)16-8-9-21(2)17(19(12)16)6-7-18(21)25-20(22)24/h4-5,11-12,16-19,23H,3,6-10H2,1-2H3,(H2,22,24)/t12-,16?,17?,18+,19?,21+/m1/s1. The first-order valence-electron chi connectivity index (χ1n) is 9.72. The third kappa shape index (κ3) is 2.52. The summed E-state index contributed by atoms with van der Waals surface area (Å²) in [6, 6.07) is 5.95. The van der Waals surface area contributed by atoms with E-state index in [0.29, 0.717) is 29.4 Å². The molecule has 3 N–H and O–H groups in total. The van der Waals surface area contributed by atoms with E-state index >= 15 is 0 Å². The topological polar surface area (TPSA) is 72.6 Å². The fourth-order valence-electron chi connectivity index (χ4n) is 6.47. The molecule has 0 saturated heterocycles. The quantitative estimate of drug-likeness (QED) is 0.838. The highest BCUT2D eigenvalue weighted by atomic mass is 16.6. The number of nitrogens with two attached hydrogens (primary N) is 1. The minimum atomic E-state index is -0.634. The number of carbonyl (C=O) groups is 1. The van der Waals surface area contributed by atoms with Gasteiger partial charge < -0.3 is 15.6 Å². The van der Waals surface area contributed by atoms with Crippen LogP contribution in [-0.2, 0) is 11.2 Å². The molecular weight excluding hydrogens is 314 g/mol. The summed E-state index contributed by atoms with van der Waals surface area (Å²) in [6.07, 6.45) is 5.81. The molecule has 25 heavy (non-hydrogen) atoms. The molecule has 0 heterocycles. The molecular formula is C21H29NO3. The number of hydrogen-bond donors (Lipinski definition) is 2. The van der Waals surface area contributed by atoms with Gasteiger partial charge in [0.25, 0.3) is 0 Å². The van der Waals surface area contributed by atoms with Crippen molar-refractivity contribution < 1.29 is 14.6 Å². The molecule has 0 radical (unpaired) electrons. The molecule has 0 aliphatic heterocycles. The van der Waals surface area contributed by atoms with E-state index in [1.165, 1.54) is 11.1 Å². The molecule has 3 aliphatic carbocycles. The normalized spacial score (nSPS) is 39.2. The number of benzene rings is 1. The van der Waals surface area contributed by atoms with Crippen LogP contribution in [0.2, 0.25) is 0 Å². The van der Waals surface area contributed by atoms with Crippen molar-refractivity contribution in [1.82, 2.24) is 0 Å². The second-order valence-electron chi connectivity index (χ2n) is 8.59. The van der Waals surface area contributed by atoms with Crippen molar-refractivity contribution in [3.8, 4) is 5.75 Å². The lowest BCUT2D eigenvalue weighted by molar-refractivity contribution is -0.0431. The number of phenolic OH excluding ortho intramolecular Hbond substituents is 1. The SMILES string of the molecule is CC[C@@H]1Cc2cc(O)ccc2C2CC[C@@]3(C)C(CC[C@@H]3OC(N)=O)C21. The Morgan fingerprint density at radius 2 is 2.16 bits per heavy atom. The van der Waals surface area contributed by atoms with Crippen LogP contribution in [0.3, 0.4) is 0 Å². The summed E-state index contributed by atoms with van der Waals surface area (Å²) in [7, 11) is 0. The van der Waals surface area contributed by atoms with E-state index in [4.69, 9.17) is 10.5 Å². The van der Waals surface area contributed by atoms with Crippen LogP contribution in [0.15, 0.2) is 18.2 Å². The molecule has 6 atom stereocenters. The zero-order chi connectivity index (χ0) is 17.8. The molecule has 2 fully saturated rings. The van der Waals surface area contributed by atoms with Crippen LogP contribution in [0, 0.1) is 23.2 Å². The van der Waals surface area contributed by atoms with E-state index in [2.05, 4.69) is 19.9 Å². The van der Waals surface area contributed by atoms with E-state index in [-0.39, 0.29) is 11.5 Å². The second-order valence-corrected chi connectivity index (χ2v) is 8.59. The van der Waals surface area contributed by atoms with Crippen molar-refractivity contribution in [1.29, 1.82) is 0 Å². The molecule has 3 aliphatic rings. The molecule has 4 heteroatoms. The van der Waals surface area contributed by atoms with E-state index in [1.54, 1.807) is 0 Å². The average molecular weight is 343 g/mol. The molecule has 1 aromatic rings. The van der Waals surface area contributed by atoms with Crippen LogP contribution in [0.1, 0.15) is 63.0 Å². The van der Waals surface area contributed by atoms with E-state index < -0.39 is 6.09 Å². The number of aromatic hydroxyl groups is 1. The second kappa shape index (κ2) is 5.93. The first kappa shape index (κ1) is 16.7. The highest BCUT2D eigenvalue weighted by molar-refractivity contribution is 5.65. The lowest BCUT2D eigenvalue weighted by Crippen LogP contribution is -2.48. The van der Waals surface area contributed by atoms with Crippen molar-refractivity contribution in [3.63, 3.8) is 0 Å². The van der Waals surface area contributed by atoms with Crippen LogP contribution in [0.25, 0.3) is 0 Å². The number of rotatable bonds is 2. The molecule has 0 spiro atoms. The van der Waals surface area contributed by atoms with Gasteiger partial charge in [-0.3, -0.25) is 0 Å². The monoisotopic (exact) mass is 343 g/mol. The van der Waals surface area contributed by atoms with E-state index in [1.807, 2.05) is 12.1 Å². The smallest absolute Gasteiger partial charge is 0.404 e. The van der Waals surface area contributed by atoms with Gasteiger partial charge in [-0.05, 0) is 79.0 Å². The Labute approximate surface area is 149 Å². The van der Waals surface area contributed by atoms with Gasteiger partial charge in [-0.15, -0.1) is 0 Å². The molecule has 4 nitrogen and oxygen atoms in total. The predicted octanol–water partition coefficient (Wildman–Crippen LogP) is 4.35. The van der Waals surface area contributed by atoms with E-state index in [9.17, 15) is 9.90 Å². The van der Waals surface area contributed by atoms with Gasteiger partial charge in [0, 0.05) is 5.41 Å². The van der Waals surface area contributed by atoms with Crippen LogP contribution < -0.4 is 5.73 Å². The number of carbonyl (C=O) groups excluding carboxylic acids is 1. The Morgan fingerprint density at radius 1 is 1.36 bits per heavy atom. The lowest BCUT2D eigenvalue weighted by atomic mass is 9.52. The number of amides is 1. The Balaban J connectivity index is 1.70. The zero-order valence-electron chi connectivity index (χ0n) is 15.2. The fraction of sp³-hybridized carbons (Fsp3) is 0.667. The van der Waals surface area contributed by atoms with Crippen molar-refractivity contribution in [3.05, 3.63) is 29.3 Å². The minimum absolute atomic E-state index is 0.0327. The minimum Gasteiger partial charge on any atom is -0.508 e. The summed E-state index contributed by atoms with van der Waals surface area (Å²) < 4.78 is 5.52. The zero-order valence-corrected chi connectivity index (χ0v) is 15.2. The van der Waals surface area contributed by atoms with Gasteiger partial charge in [0.2, 0.25) is 0 Å². The molecule has 0 aromatic heterocycles. The Kier molecular flexibility index (Phi) is 3.97. The molecule has 1 amide bonds. The molecule has 0 bridgehead atoms. The van der Waals surface area contributed by atoms with Crippen LogP contribution >= 0.6 is 0 Å². The van der Waals surface area contributed by atoms with Gasteiger partial charge in [-0.2, -0.15) is 0 Å². The lowest BCUT2D eigenvalue weighted by Gasteiger charge is -2.53. The van der Waals surface area contributed by atoms with Crippen molar-refractivity contribution in [2.45, 2.75) is 64.4 Å². The summed E-state index contributed by atoms with van der Waals surface area (Å²) in [5.74, 6) is 2.81. The van der Waals surface area contributed by atoms with Crippen LogP contribution in [-0.4, -0.2) is 17.3 Å². The van der Waals surface area contributed by atoms with Crippen LogP contribution in [0.4, 0.5) is 4.79 Å². The Bertz CT molecular complexity index is 688. The number of primary amides is 1. The van der Waals surface area contributed by atoms with Crippen molar-refractivity contribution in [2.24, 2.45) is 28.9 Å². The molecule has 4 rings (SSSR count). The third-order valence-electron chi connectivity index (χ3n) is 7.58. The largest absolute Gasteiger partial charge is 0.508 e. The summed E-state index contributed by atoms with van der Waals surface area (Å²) in [6.45, 7) is 4.60. The molecule has 3 unspecified atom stereocenters. The Hall–Kier alpha value is -1.71. The maximum Gasteiger partial charge on any atom is 0.404 e. The van der Waals surface area contributed by atoms with Gasteiger partial charge in [0.05, 0.1) is 0 Å². The van der Waals surface area contributed by atoms with Gasteiger partial charge >= 0.3 is 6.09 Å². The summed E-state index contributed by atoms with van der Waals surface area (Å²) in [5.41, 5.74) is 8.16. The van der Waals surface area contributed by atoms with Gasteiger partial charge in [-0.25, -0.2) is 4.79 Å². The number of phenols is 1. The molecule has 1 aromatic carbocycles. The number of hydrogen-bond acceptors (Lipinski definition) is 3. The maximum absolute atomic E-state index is 11.3. The van der Waals surface area contributed by atoms with Gasteiger partial charge in [-0.1, -0.05) is 26.3 Å². The number of ether oxygens (including phenoxy) is 1. The highest BCUT2D eigenvalue weighted by Gasteiger charge is 2.57. The first-order valence-corrected chi connectivity index (χ1v) is 9.72. The molecule has 2 saturated carbocycles. The van der Waals surface area contributed by atoms with E-state index in [0.717, 1.165) is 38.5 Å². The van der Waals surface area contributed by atoms with Crippen molar-refractivity contribution >= 4 is 6.09 Å².